The second-order valence-electron chi connectivity index (χ2n) is 6.87. The molecular formula is C23H20N8O3. The quantitative estimate of drug-likeness (QED) is 0.185. The number of para-hydroxylation sites is 1. The first-order valence-electron chi connectivity index (χ1n) is 10.1. The lowest BCUT2D eigenvalue weighted by atomic mass is 10.2. The van der Waals surface area contributed by atoms with Gasteiger partial charge in [0, 0.05) is 23.5 Å². The summed E-state index contributed by atoms with van der Waals surface area (Å²) in [6.07, 6.45) is 1.51. The SMILES string of the molecule is COc1ccc(Nc2nc(N/N=C\c3ccc([N+](=O)[O-])cc3)nc(Nc3ccccc3)n2)cc1. The molecule has 170 valence electrons. The minimum atomic E-state index is -0.456. The van der Waals surface area contributed by atoms with E-state index in [-0.39, 0.29) is 11.6 Å². The molecule has 11 heteroatoms. The highest BCUT2D eigenvalue weighted by molar-refractivity contribution is 5.80. The topological polar surface area (TPSA) is 139 Å². The molecule has 0 aliphatic carbocycles. The Balaban J connectivity index is 1.54. The van der Waals surface area contributed by atoms with Crippen LogP contribution in [0.2, 0.25) is 0 Å². The highest BCUT2D eigenvalue weighted by Crippen LogP contribution is 2.21. The number of nitrogens with one attached hydrogen (secondary N) is 3. The standard InChI is InChI=1S/C23H20N8O3/c1-34-20-13-9-18(10-14-20)26-22-27-21(25-17-5-3-2-4-6-17)28-23(29-22)30-24-15-16-7-11-19(12-8-16)31(32)33/h2-15H,1H3,(H3,25,26,27,28,29,30)/b24-15-. The van der Waals surface area contributed by atoms with Gasteiger partial charge in [-0.1, -0.05) is 18.2 Å². The van der Waals surface area contributed by atoms with Crippen LogP contribution in [-0.2, 0) is 0 Å². The van der Waals surface area contributed by atoms with Crippen molar-refractivity contribution in [1.29, 1.82) is 0 Å². The number of methoxy groups -OCH3 is 1. The number of anilines is 5. The van der Waals surface area contributed by atoms with Crippen molar-refractivity contribution in [2.75, 3.05) is 23.2 Å². The number of nitro groups is 1. The maximum absolute atomic E-state index is 10.8. The van der Waals surface area contributed by atoms with Crippen molar-refractivity contribution in [3.8, 4) is 5.75 Å². The molecule has 0 aliphatic rings. The van der Waals surface area contributed by atoms with Crippen LogP contribution in [-0.4, -0.2) is 33.2 Å². The molecule has 0 aliphatic heterocycles. The fraction of sp³-hybridized carbons (Fsp3) is 0.0435. The van der Waals surface area contributed by atoms with Crippen LogP contribution in [0.1, 0.15) is 5.56 Å². The summed E-state index contributed by atoms with van der Waals surface area (Å²) in [5.41, 5.74) is 5.03. The Kier molecular flexibility index (Phi) is 6.84. The molecule has 0 atom stereocenters. The zero-order chi connectivity index (χ0) is 23.8. The van der Waals surface area contributed by atoms with Crippen LogP contribution in [0, 0.1) is 10.1 Å². The first-order chi connectivity index (χ1) is 16.6. The lowest BCUT2D eigenvalue weighted by molar-refractivity contribution is -0.384. The van der Waals surface area contributed by atoms with Crippen molar-refractivity contribution in [1.82, 2.24) is 15.0 Å². The van der Waals surface area contributed by atoms with Crippen LogP contribution in [0.15, 0.2) is 84.0 Å². The van der Waals surface area contributed by atoms with Gasteiger partial charge in [0.2, 0.25) is 17.8 Å². The van der Waals surface area contributed by atoms with Gasteiger partial charge in [-0.25, -0.2) is 5.43 Å². The lowest BCUT2D eigenvalue weighted by Gasteiger charge is -2.10. The second kappa shape index (κ2) is 10.5. The lowest BCUT2D eigenvalue weighted by Crippen LogP contribution is -2.07. The van der Waals surface area contributed by atoms with E-state index in [4.69, 9.17) is 4.74 Å². The Morgan fingerprint density at radius 3 is 2.00 bits per heavy atom. The summed E-state index contributed by atoms with van der Waals surface area (Å²) in [4.78, 5) is 23.5. The fourth-order valence-corrected chi connectivity index (χ4v) is 2.84. The third kappa shape index (κ3) is 6.01. The summed E-state index contributed by atoms with van der Waals surface area (Å²) >= 11 is 0. The normalized spacial score (nSPS) is 10.6. The monoisotopic (exact) mass is 456 g/mol. The van der Waals surface area contributed by atoms with E-state index >= 15 is 0 Å². The van der Waals surface area contributed by atoms with Gasteiger partial charge >= 0.3 is 0 Å². The van der Waals surface area contributed by atoms with Gasteiger partial charge in [0.15, 0.2) is 0 Å². The minimum absolute atomic E-state index is 0.00783. The fourth-order valence-electron chi connectivity index (χ4n) is 2.84. The number of aromatic nitrogens is 3. The third-order valence-electron chi connectivity index (χ3n) is 4.49. The highest BCUT2D eigenvalue weighted by Gasteiger charge is 2.08. The minimum Gasteiger partial charge on any atom is -0.497 e. The number of benzene rings is 3. The molecule has 34 heavy (non-hydrogen) atoms. The predicted molar refractivity (Wildman–Crippen MR) is 130 cm³/mol. The van der Waals surface area contributed by atoms with Crippen LogP contribution in [0.3, 0.4) is 0 Å². The third-order valence-corrected chi connectivity index (χ3v) is 4.49. The van der Waals surface area contributed by atoms with Gasteiger partial charge < -0.3 is 15.4 Å². The van der Waals surface area contributed by atoms with Gasteiger partial charge in [0.05, 0.1) is 18.2 Å². The molecule has 3 N–H and O–H groups in total. The number of hydrogen-bond acceptors (Lipinski definition) is 10. The molecule has 11 nitrogen and oxygen atoms in total. The Hall–Kier alpha value is -5.06. The zero-order valence-corrected chi connectivity index (χ0v) is 18.0. The van der Waals surface area contributed by atoms with Gasteiger partial charge in [0.25, 0.3) is 5.69 Å². The van der Waals surface area contributed by atoms with Crippen molar-refractivity contribution in [2.24, 2.45) is 5.10 Å². The Labute approximate surface area is 194 Å². The molecule has 0 saturated heterocycles. The van der Waals surface area contributed by atoms with Gasteiger partial charge in [-0.05, 0) is 54.1 Å². The van der Waals surface area contributed by atoms with Gasteiger partial charge in [-0.15, -0.1) is 0 Å². The van der Waals surface area contributed by atoms with Gasteiger partial charge in [0.1, 0.15) is 5.75 Å². The van der Waals surface area contributed by atoms with E-state index in [0.717, 1.165) is 17.1 Å². The number of non-ortho nitro benzene ring substituents is 1. The van der Waals surface area contributed by atoms with Gasteiger partial charge in [-0.3, -0.25) is 10.1 Å². The number of hydrazone groups is 1. The van der Waals surface area contributed by atoms with Crippen LogP contribution < -0.4 is 20.8 Å². The van der Waals surface area contributed by atoms with E-state index < -0.39 is 4.92 Å². The van der Waals surface area contributed by atoms with Crippen LogP contribution in [0.4, 0.5) is 34.9 Å². The average molecular weight is 456 g/mol. The van der Waals surface area contributed by atoms with Crippen LogP contribution >= 0.6 is 0 Å². The summed E-state index contributed by atoms with van der Waals surface area (Å²) in [6, 6.07) is 22.8. The van der Waals surface area contributed by atoms with E-state index in [9.17, 15) is 10.1 Å². The van der Waals surface area contributed by atoms with Crippen molar-refractivity contribution < 1.29 is 9.66 Å². The average Bonchev–Trinajstić information content (AvgIpc) is 2.85. The molecule has 0 amide bonds. The number of hydrogen-bond donors (Lipinski definition) is 3. The van der Waals surface area contributed by atoms with Crippen molar-refractivity contribution in [2.45, 2.75) is 0 Å². The number of rotatable bonds is 9. The maximum Gasteiger partial charge on any atom is 0.269 e. The van der Waals surface area contributed by atoms with Crippen molar-refractivity contribution >= 4 is 41.1 Å². The van der Waals surface area contributed by atoms with Gasteiger partial charge in [-0.2, -0.15) is 20.1 Å². The number of ether oxygens (including phenoxy) is 1. The molecule has 0 fully saturated rings. The molecule has 1 aromatic heterocycles. The number of nitrogens with zero attached hydrogens (tertiary/aromatic N) is 5. The highest BCUT2D eigenvalue weighted by atomic mass is 16.6. The zero-order valence-electron chi connectivity index (χ0n) is 18.0. The van der Waals surface area contributed by atoms with E-state index in [0.29, 0.717) is 17.5 Å². The molecule has 4 aromatic rings. The molecule has 4 rings (SSSR count). The molecule has 0 bridgehead atoms. The Bertz CT molecular complexity index is 1280. The van der Waals surface area contributed by atoms with Crippen molar-refractivity contribution in [3.63, 3.8) is 0 Å². The number of nitro benzene ring substituents is 1. The van der Waals surface area contributed by atoms with E-state index in [1.165, 1.54) is 18.3 Å². The molecule has 0 radical (unpaired) electrons. The molecule has 0 spiro atoms. The summed E-state index contributed by atoms with van der Waals surface area (Å²) < 4.78 is 5.18. The summed E-state index contributed by atoms with van der Waals surface area (Å²) in [5.74, 6) is 1.54. The summed E-state index contributed by atoms with van der Waals surface area (Å²) in [6.45, 7) is 0. The first-order valence-corrected chi connectivity index (χ1v) is 10.1. The maximum atomic E-state index is 10.8. The molecular weight excluding hydrogens is 436 g/mol. The van der Waals surface area contributed by atoms with Crippen LogP contribution in [0.5, 0.6) is 5.75 Å². The Morgan fingerprint density at radius 2 is 1.41 bits per heavy atom. The van der Waals surface area contributed by atoms with E-state index in [2.05, 4.69) is 36.1 Å². The largest absolute Gasteiger partial charge is 0.497 e. The first kappa shape index (κ1) is 22.1. The molecule has 0 unspecified atom stereocenters. The van der Waals surface area contributed by atoms with Crippen LogP contribution in [0.25, 0.3) is 0 Å². The van der Waals surface area contributed by atoms with E-state index in [1.54, 1.807) is 19.2 Å². The summed E-state index contributed by atoms with van der Waals surface area (Å²) in [7, 11) is 1.60. The Morgan fingerprint density at radius 1 is 0.824 bits per heavy atom. The summed E-state index contributed by atoms with van der Waals surface area (Å²) in [5, 5.41) is 21.2. The predicted octanol–water partition coefficient (Wildman–Crippen LogP) is 4.72. The van der Waals surface area contributed by atoms with Crippen molar-refractivity contribution in [3.05, 3.63) is 94.5 Å². The second-order valence-corrected chi connectivity index (χ2v) is 6.87. The molecule has 3 aromatic carbocycles. The van der Waals surface area contributed by atoms with E-state index in [1.807, 2.05) is 54.6 Å². The smallest absolute Gasteiger partial charge is 0.269 e. The molecule has 1 heterocycles. The molecule has 0 saturated carbocycles.